The second-order valence-corrected chi connectivity index (χ2v) is 8.91. The summed E-state index contributed by atoms with van der Waals surface area (Å²) in [6.45, 7) is 6.12. The van der Waals surface area contributed by atoms with Gasteiger partial charge in [0.25, 0.3) is 0 Å². The summed E-state index contributed by atoms with van der Waals surface area (Å²) in [6.07, 6.45) is 3.52. The van der Waals surface area contributed by atoms with Crippen LogP contribution in [-0.2, 0) is 7.05 Å². The number of aromatic nitrogens is 5. The lowest BCUT2D eigenvalue weighted by molar-refractivity contribution is 0.724. The van der Waals surface area contributed by atoms with Gasteiger partial charge in [0.05, 0.1) is 23.1 Å². The molecular weight excluding hydrogens is 428 g/mol. The predicted octanol–water partition coefficient (Wildman–Crippen LogP) is 4.64. The van der Waals surface area contributed by atoms with Gasteiger partial charge in [0.1, 0.15) is 22.6 Å². The van der Waals surface area contributed by atoms with Crippen LogP contribution in [0.3, 0.4) is 0 Å². The van der Waals surface area contributed by atoms with E-state index in [2.05, 4.69) is 38.5 Å². The number of fused-ring (bicyclic) bond motifs is 3. The third-order valence-corrected chi connectivity index (χ3v) is 6.80. The van der Waals surface area contributed by atoms with Gasteiger partial charge in [-0.1, -0.05) is 23.7 Å². The number of thiophene rings is 1. The van der Waals surface area contributed by atoms with Crippen LogP contribution in [0.1, 0.15) is 51.9 Å². The van der Waals surface area contributed by atoms with Gasteiger partial charge in [-0.25, -0.2) is 4.98 Å². The minimum absolute atomic E-state index is 0.130. The van der Waals surface area contributed by atoms with Crippen LogP contribution in [0.2, 0.25) is 5.02 Å². The molecule has 4 aromatic rings. The number of imidazole rings is 1. The molecule has 0 spiro atoms. The second-order valence-electron chi connectivity index (χ2n) is 7.48. The van der Waals surface area contributed by atoms with Crippen LogP contribution in [0.25, 0.3) is 5.00 Å². The molecule has 154 valence electrons. The Kier molecular flexibility index (Phi) is 4.77. The SMILES string of the molecule is Cc1c(C#Cc2cncn2C)sc2c1C(c1ccc(Cl)cc1)=N[C@@H](C)c1nnc(C)n1-2. The van der Waals surface area contributed by atoms with Gasteiger partial charge in [0, 0.05) is 23.2 Å². The van der Waals surface area contributed by atoms with E-state index in [9.17, 15) is 0 Å². The molecule has 1 aliphatic rings. The third-order valence-electron chi connectivity index (χ3n) is 5.35. The van der Waals surface area contributed by atoms with Gasteiger partial charge in [0.15, 0.2) is 5.82 Å². The van der Waals surface area contributed by atoms with Gasteiger partial charge in [-0.3, -0.25) is 9.56 Å². The molecule has 0 aliphatic carbocycles. The number of nitrogens with zero attached hydrogens (tertiary/aromatic N) is 6. The summed E-state index contributed by atoms with van der Waals surface area (Å²) in [6, 6.07) is 7.68. The number of aryl methyl sites for hydroxylation is 2. The maximum atomic E-state index is 6.14. The van der Waals surface area contributed by atoms with Crippen LogP contribution < -0.4 is 0 Å². The van der Waals surface area contributed by atoms with E-state index >= 15 is 0 Å². The van der Waals surface area contributed by atoms with Gasteiger partial charge >= 0.3 is 0 Å². The molecule has 1 atom stereocenters. The number of rotatable bonds is 1. The molecule has 3 aromatic heterocycles. The molecule has 31 heavy (non-hydrogen) atoms. The van der Waals surface area contributed by atoms with Crippen molar-refractivity contribution in [2.24, 2.45) is 12.0 Å². The van der Waals surface area contributed by atoms with E-state index in [0.717, 1.165) is 49.6 Å². The van der Waals surface area contributed by atoms with Crippen LogP contribution in [0.4, 0.5) is 0 Å². The lowest BCUT2D eigenvalue weighted by Gasteiger charge is -2.09. The molecule has 0 saturated carbocycles. The summed E-state index contributed by atoms with van der Waals surface area (Å²) in [5.74, 6) is 8.25. The standard InChI is InChI=1S/C23H19ClN6S/c1-13-19(10-9-18-11-25-12-29(18)4)31-23-20(13)21(16-5-7-17(24)8-6-16)26-14(2)22-28-27-15(3)30(22)23/h5-8,11-12,14H,1-4H3/t14-/m0/s1. The first-order chi connectivity index (χ1) is 14.9. The molecule has 1 aliphatic heterocycles. The molecule has 0 bridgehead atoms. The van der Waals surface area contributed by atoms with Gasteiger partial charge in [-0.15, -0.1) is 21.5 Å². The first-order valence-electron chi connectivity index (χ1n) is 9.82. The van der Waals surface area contributed by atoms with Crippen molar-refractivity contribution in [3.8, 4) is 16.8 Å². The van der Waals surface area contributed by atoms with Crippen LogP contribution >= 0.6 is 22.9 Å². The Hall–Kier alpha value is -3.21. The molecule has 0 radical (unpaired) electrons. The van der Waals surface area contributed by atoms with Crippen molar-refractivity contribution < 1.29 is 0 Å². The smallest absolute Gasteiger partial charge is 0.162 e. The van der Waals surface area contributed by atoms with Crippen molar-refractivity contribution >= 4 is 28.6 Å². The van der Waals surface area contributed by atoms with E-state index in [0.29, 0.717) is 5.02 Å². The zero-order valence-electron chi connectivity index (χ0n) is 17.5. The quantitative estimate of drug-likeness (QED) is 0.400. The predicted molar refractivity (Wildman–Crippen MR) is 123 cm³/mol. The molecular formula is C23H19ClN6S. The van der Waals surface area contributed by atoms with Crippen LogP contribution in [-0.4, -0.2) is 30.0 Å². The highest BCUT2D eigenvalue weighted by atomic mass is 35.5. The topological polar surface area (TPSA) is 60.9 Å². The molecule has 5 rings (SSSR count). The fraction of sp³-hybridized carbons (Fsp3) is 0.217. The Morgan fingerprint density at radius 3 is 2.58 bits per heavy atom. The third kappa shape index (κ3) is 3.29. The van der Waals surface area contributed by atoms with Gasteiger partial charge in [-0.05, 0) is 50.3 Å². The number of halogens is 1. The number of hydrogen-bond acceptors (Lipinski definition) is 5. The van der Waals surface area contributed by atoms with Gasteiger partial charge < -0.3 is 4.57 Å². The number of aliphatic imine (C=N–C) groups is 1. The van der Waals surface area contributed by atoms with Crippen molar-refractivity contribution in [1.29, 1.82) is 0 Å². The number of benzene rings is 1. The van der Waals surface area contributed by atoms with E-state index in [-0.39, 0.29) is 6.04 Å². The van der Waals surface area contributed by atoms with Gasteiger partial charge in [-0.2, -0.15) is 0 Å². The molecule has 0 fully saturated rings. The maximum absolute atomic E-state index is 6.14. The van der Waals surface area contributed by atoms with E-state index in [1.807, 2.05) is 49.7 Å². The first kappa shape index (κ1) is 19.7. The average Bonchev–Trinajstić information content (AvgIpc) is 3.40. The maximum Gasteiger partial charge on any atom is 0.162 e. The molecule has 1 aromatic carbocycles. The fourth-order valence-corrected chi connectivity index (χ4v) is 5.04. The van der Waals surface area contributed by atoms with Crippen molar-refractivity contribution in [3.05, 3.63) is 80.7 Å². The molecule has 8 heteroatoms. The lowest BCUT2D eigenvalue weighted by Crippen LogP contribution is -2.07. The minimum Gasteiger partial charge on any atom is -0.327 e. The fourth-order valence-electron chi connectivity index (χ4n) is 3.70. The molecule has 0 amide bonds. The summed E-state index contributed by atoms with van der Waals surface area (Å²) in [7, 11) is 1.94. The summed E-state index contributed by atoms with van der Waals surface area (Å²) >= 11 is 7.78. The molecule has 0 N–H and O–H groups in total. The normalized spacial score (nSPS) is 14.9. The monoisotopic (exact) mass is 446 g/mol. The molecule has 0 unspecified atom stereocenters. The summed E-state index contributed by atoms with van der Waals surface area (Å²) < 4.78 is 4.02. The Morgan fingerprint density at radius 1 is 1.10 bits per heavy atom. The Labute approximate surface area is 189 Å². The highest BCUT2D eigenvalue weighted by molar-refractivity contribution is 7.15. The summed E-state index contributed by atoms with van der Waals surface area (Å²) in [4.78, 5) is 10.2. The number of hydrogen-bond donors (Lipinski definition) is 0. The van der Waals surface area contributed by atoms with Crippen LogP contribution in [0, 0.1) is 25.7 Å². The molecule has 4 heterocycles. The molecule has 6 nitrogen and oxygen atoms in total. The Morgan fingerprint density at radius 2 is 1.87 bits per heavy atom. The van der Waals surface area contributed by atoms with E-state index in [1.54, 1.807) is 23.9 Å². The van der Waals surface area contributed by atoms with E-state index in [4.69, 9.17) is 16.6 Å². The minimum atomic E-state index is -0.130. The van der Waals surface area contributed by atoms with E-state index < -0.39 is 0 Å². The van der Waals surface area contributed by atoms with Crippen molar-refractivity contribution in [2.45, 2.75) is 26.8 Å². The zero-order valence-corrected chi connectivity index (χ0v) is 19.1. The zero-order chi connectivity index (χ0) is 21.7. The summed E-state index contributed by atoms with van der Waals surface area (Å²) in [5, 5.41) is 10.5. The van der Waals surface area contributed by atoms with Crippen molar-refractivity contribution in [3.63, 3.8) is 0 Å². The van der Waals surface area contributed by atoms with Gasteiger partial charge in [0.2, 0.25) is 0 Å². The first-order valence-corrected chi connectivity index (χ1v) is 11.0. The Bertz CT molecular complexity index is 1390. The second kappa shape index (κ2) is 7.49. The van der Waals surface area contributed by atoms with Crippen LogP contribution in [0.5, 0.6) is 0 Å². The highest BCUT2D eigenvalue weighted by Crippen LogP contribution is 2.38. The lowest BCUT2D eigenvalue weighted by atomic mass is 9.99. The largest absolute Gasteiger partial charge is 0.327 e. The van der Waals surface area contributed by atoms with Crippen molar-refractivity contribution in [1.82, 2.24) is 24.3 Å². The molecule has 0 saturated heterocycles. The van der Waals surface area contributed by atoms with E-state index in [1.165, 1.54) is 0 Å². The average molecular weight is 447 g/mol. The van der Waals surface area contributed by atoms with Crippen molar-refractivity contribution in [2.75, 3.05) is 0 Å². The Balaban J connectivity index is 1.75. The van der Waals surface area contributed by atoms with Crippen LogP contribution in [0.15, 0.2) is 41.8 Å². The highest BCUT2D eigenvalue weighted by Gasteiger charge is 2.29. The summed E-state index contributed by atoms with van der Waals surface area (Å²) in [5.41, 5.74) is 4.96.